The van der Waals surface area contributed by atoms with Crippen molar-refractivity contribution in [3.05, 3.63) is 88.6 Å². The van der Waals surface area contributed by atoms with Crippen LogP contribution in [0.15, 0.2) is 66.9 Å². The Labute approximate surface area is 210 Å². The van der Waals surface area contributed by atoms with Gasteiger partial charge in [0.1, 0.15) is 11.7 Å². The summed E-state index contributed by atoms with van der Waals surface area (Å²) >= 11 is 5.85. The number of hydrogen-bond acceptors (Lipinski definition) is 4. The van der Waals surface area contributed by atoms with Gasteiger partial charge in [-0.25, -0.2) is 4.98 Å². The molecule has 2 heterocycles. The summed E-state index contributed by atoms with van der Waals surface area (Å²) in [4.78, 5) is 31.9. The van der Waals surface area contributed by atoms with Crippen LogP contribution >= 0.6 is 11.6 Å². The number of carbonyl (C=O) groups is 2. The van der Waals surface area contributed by atoms with Gasteiger partial charge < -0.3 is 15.5 Å². The molecule has 0 bridgehead atoms. The molecule has 0 atom stereocenters. The van der Waals surface area contributed by atoms with Gasteiger partial charge in [0.25, 0.3) is 11.8 Å². The second-order valence-electron chi connectivity index (χ2n) is 8.50. The molecule has 1 aromatic heterocycles. The fourth-order valence-corrected chi connectivity index (χ4v) is 4.16. The molecule has 2 amide bonds. The first kappa shape index (κ1) is 24.4. The SMILES string of the molecule is N=C(c1ccc(C(=O)Nc2ccccc2C(=O)Nc2ccc(Cl)cn2)cc1)N1CCCCCCC1. The van der Waals surface area contributed by atoms with Crippen molar-refractivity contribution in [2.45, 2.75) is 32.1 Å². The lowest BCUT2D eigenvalue weighted by molar-refractivity contribution is 0.102. The van der Waals surface area contributed by atoms with E-state index in [9.17, 15) is 9.59 Å². The third kappa shape index (κ3) is 6.45. The average molecular weight is 490 g/mol. The van der Waals surface area contributed by atoms with Crippen LogP contribution in [-0.2, 0) is 0 Å². The third-order valence-electron chi connectivity index (χ3n) is 5.98. The summed E-state index contributed by atoms with van der Waals surface area (Å²) in [6.07, 6.45) is 7.33. The fourth-order valence-electron chi connectivity index (χ4n) is 4.05. The molecule has 0 radical (unpaired) electrons. The molecular weight excluding hydrogens is 462 g/mol. The number of aromatic nitrogens is 1. The van der Waals surface area contributed by atoms with Gasteiger partial charge in [-0.3, -0.25) is 15.0 Å². The smallest absolute Gasteiger partial charge is 0.258 e. The summed E-state index contributed by atoms with van der Waals surface area (Å²) in [6, 6.07) is 17.1. The standard InChI is InChI=1S/C27H28ClN5O2/c28-21-14-15-24(30-18-21)32-27(35)22-8-4-5-9-23(22)31-26(34)20-12-10-19(11-13-20)25(29)33-16-6-2-1-3-7-17-33/h4-5,8-15,18,29H,1-3,6-7,16-17H2,(H,31,34)(H,30,32,35). The number of nitrogens with zero attached hydrogens (tertiary/aromatic N) is 2. The molecule has 1 saturated heterocycles. The van der Waals surface area contributed by atoms with Crippen LogP contribution in [-0.4, -0.2) is 40.6 Å². The Balaban J connectivity index is 1.43. The lowest BCUT2D eigenvalue weighted by Gasteiger charge is -2.27. The molecule has 4 rings (SSSR count). The van der Waals surface area contributed by atoms with E-state index in [0.717, 1.165) is 31.5 Å². The molecule has 35 heavy (non-hydrogen) atoms. The molecule has 0 unspecified atom stereocenters. The largest absolute Gasteiger partial charge is 0.357 e. The predicted octanol–water partition coefficient (Wildman–Crippen LogP) is 5.83. The molecule has 3 aromatic rings. The first-order chi connectivity index (χ1) is 17.0. The van der Waals surface area contributed by atoms with E-state index in [1.54, 1.807) is 60.7 Å². The highest BCUT2D eigenvalue weighted by Crippen LogP contribution is 2.19. The minimum absolute atomic E-state index is 0.313. The maximum absolute atomic E-state index is 12.9. The van der Waals surface area contributed by atoms with Crippen molar-refractivity contribution < 1.29 is 9.59 Å². The second-order valence-corrected chi connectivity index (χ2v) is 8.93. The molecule has 180 valence electrons. The summed E-state index contributed by atoms with van der Waals surface area (Å²) in [5, 5.41) is 14.6. The van der Waals surface area contributed by atoms with E-state index in [0.29, 0.717) is 33.5 Å². The van der Waals surface area contributed by atoms with Crippen LogP contribution in [0.5, 0.6) is 0 Å². The Morgan fingerprint density at radius 1 is 0.800 bits per heavy atom. The normalized spacial score (nSPS) is 13.9. The topological polar surface area (TPSA) is 98.2 Å². The van der Waals surface area contributed by atoms with Crippen LogP contribution in [0.3, 0.4) is 0 Å². The highest BCUT2D eigenvalue weighted by Gasteiger charge is 2.17. The van der Waals surface area contributed by atoms with Crippen molar-refractivity contribution in [1.29, 1.82) is 5.41 Å². The van der Waals surface area contributed by atoms with Crippen LogP contribution in [0.25, 0.3) is 0 Å². The summed E-state index contributed by atoms with van der Waals surface area (Å²) in [6.45, 7) is 1.79. The van der Waals surface area contributed by atoms with E-state index < -0.39 is 5.91 Å². The Hall–Kier alpha value is -3.71. The van der Waals surface area contributed by atoms with Crippen LogP contribution in [0, 0.1) is 5.41 Å². The van der Waals surface area contributed by atoms with Gasteiger partial charge in [-0.05, 0) is 49.2 Å². The first-order valence-electron chi connectivity index (χ1n) is 11.8. The number of amidine groups is 1. The maximum Gasteiger partial charge on any atom is 0.258 e. The molecule has 0 saturated carbocycles. The number of nitrogens with one attached hydrogen (secondary N) is 3. The summed E-state index contributed by atoms with van der Waals surface area (Å²) in [7, 11) is 0. The van der Waals surface area contributed by atoms with Gasteiger partial charge in [-0.1, -0.05) is 55.1 Å². The first-order valence-corrected chi connectivity index (χ1v) is 12.2. The number of carbonyl (C=O) groups excluding carboxylic acids is 2. The lowest BCUT2D eigenvalue weighted by atomic mass is 10.1. The number of likely N-dealkylation sites (tertiary alicyclic amines) is 1. The van der Waals surface area contributed by atoms with Gasteiger partial charge in [0.15, 0.2) is 0 Å². The number of para-hydroxylation sites is 1. The number of pyridine rings is 1. The van der Waals surface area contributed by atoms with E-state index in [1.165, 1.54) is 25.5 Å². The van der Waals surface area contributed by atoms with Crippen molar-refractivity contribution in [1.82, 2.24) is 9.88 Å². The van der Waals surface area contributed by atoms with E-state index in [1.807, 2.05) is 0 Å². The molecule has 1 fully saturated rings. The lowest BCUT2D eigenvalue weighted by Crippen LogP contribution is -2.33. The van der Waals surface area contributed by atoms with Crippen LogP contribution < -0.4 is 10.6 Å². The van der Waals surface area contributed by atoms with Gasteiger partial charge in [0, 0.05) is 30.4 Å². The van der Waals surface area contributed by atoms with Gasteiger partial charge >= 0.3 is 0 Å². The van der Waals surface area contributed by atoms with Crippen molar-refractivity contribution in [2.24, 2.45) is 0 Å². The van der Waals surface area contributed by atoms with E-state index in [2.05, 4.69) is 20.5 Å². The molecule has 1 aliphatic heterocycles. The van der Waals surface area contributed by atoms with Crippen molar-refractivity contribution >= 4 is 40.8 Å². The monoisotopic (exact) mass is 489 g/mol. The van der Waals surface area contributed by atoms with E-state index in [4.69, 9.17) is 17.0 Å². The summed E-state index contributed by atoms with van der Waals surface area (Å²) in [5.74, 6) is 0.127. The van der Waals surface area contributed by atoms with Gasteiger partial charge in [0.2, 0.25) is 0 Å². The molecule has 1 aliphatic rings. The molecule has 8 heteroatoms. The molecule has 0 spiro atoms. The Bertz CT molecular complexity index is 1190. The average Bonchev–Trinajstić information content (AvgIpc) is 2.85. The fraction of sp³-hybridized carbons (Fsp3) is 0.259. The molecule has 3 N–H and O–H groups in total. The molecule has 7 nitrogen and oxygen atoms in total. The Morgan fingerprint density at radius 3 is 2.14 bits per heavy atom. The number of amides is 2. The Morgan fingerprint density at radius 2 is 1.46 bits per heavy atom. The van der Waals surface area contributed by atoms with Crippen LogP contribution in [0.2, 0.25) is 5.02 Å². The highest BCUT2D eigenvalue weighted by atomic mass is 35.5. The zero-order valence-corrected chi connectivity index (χ0v) is 20.1. The second kappa shape index (κ2) is 11.6. The summed E-state index contributed by atoms with van der Waals surface area (Å²) in [5.41, 5.74) is 1.94. The minimum Gasteiger partial charge on any atom is -0.357 e. The van der Waals surface area contributed by atoms with Crippen molar-refractivity contribution in [3.8, 4) is 0 Å². The Kier molecular flexibility index (Phi) is 8.11. The quantitative estimate of drug-likeness (QED) is 0.310. The van der Waals surface area contributed by atoms with Gasteiger partial charge in [-0.2, -0.15) is 0 Å². The van der Waals surface area contributed by atoms with Crippen molar-refractivity contribution in [2.75, 3.05) is 23.7 Å². The summed E-state index contributed by atoms with van der Waals surface area (Å²) < 4.78 is 0. The zero-order chi connectivity index (χ0) is 24.6. The van der Waals surface area contributed by atoms with Gasteiger partial charge in [0.05, 0.1) is 16.3 Å². The molecule has 0 aliphatic carbocycles. The zero-order valence-electron chi connectivity index (χ0n) is 19.4. The number of hydrogen-bond donors (Lipinski definition) is 3. The minimum atomic E-state index is -0.396. The molecular formula is C27H28ClN5O2. The number of rotatable bonds is 5. The molecule has 2 aromatic carbocycles. The number of benzene rings is 2. The van der Waals surface area contributed by atoms with Gasteiger partial charge in [-0.15, -0.1) is 0 Å². The van der Waals surface area contributed by atoms with E-state index >= 15 is 0 Å². The highest BCUT2D eigenvalue weighted by molar-refractivity contribution is 6.30. The van der Waals surface area contributed by atoms with Crippen LogP contribution in [0.1, 0.15) is 58.4 Å². The predicted molar refractivity (Wildman–Crippen MR) is 140 cm³/mol. The maximum atomic E-state index is 12.9. The van der Waals surface area contributed by atoms with Crippen LogP contribution in [0.4, 0.5) is 11.5 Å². The number of halogens is 1. The van der Waals surface area contributed by atoms with Crippen molar-refractivity contribution in [3.63, 3.8) is 0 Å². The number of anilines is 2. The van der Waals surface area contributed by atoms with E-state index in [-0.39, 0.29) is 5.91 Å². The third-order valence-corrected chi connectivity index (χ3v) is 6.21.